The minimum atomic E-state index is -4.18. The van der Waals surface area contributed by atoms with Gasteiger partial charge in [-0.3, -0.25) is 4.55 Å². The van der Waals surface area contributed by atoms with Gasteiger partial charge in [0.05, 0.1) is 6.10 Å². The predicted octanol–water partition coefficient (Wildman–Crippen LogP) is -1.03. The molecule has 0 aliphatic carbocycles. The van der Waals surface area contributed by atoms with Gasteiger partial charge in [-0.05, 0) is 13.8 Å². The Balaban J connectivity index is 4.38. The highest BCUT2D eigenvalue weighted by atomic mass is 32.2. The highest BCUT2D eigenvalue weighted by Crippen LogP contribution is 2.05. The molecule has 3 atom stereocenters. The Morgan fingerprint density at radius 2 is 1.73 bits per heavy atom. The molecule has 68 valence electrons. The van der Waals surface area contributed by atoms with Gasteiger partial charge in [0.15, 0.2) is 0 Å². The Kier molecular flexibility index (Phi) is 3.43. The quantitative estimate of drug-likeness (QED) is 0.486. The van der Waals surface area contributed by atoms with Crippen molar-refractivity contribution in [2.45, 2.75) is 31.2 Å². The van der Waals surface area contributed by atoms with Crippen LogP contribution in [-0.2, 0) is 10.1 Å². The summed E-state index contributed by atoms with van der Waals surface area (Å²) in [7, 11) is -4.18. The van der Waals surface area contributed by atoms with E-state index >= 15 is 0 Å². The van der Waals surface area contributed by atoms with E-state index in [1.165, 1.54) is 13.8 Å². The molecule has 0 heterocycles. The fourth-order valence-electron chi connectivity index (χ4n) is 0.604. The van der Waals surface area contributed by atoms with Crippen molar-refractivity contribution in [1.82, 2.24) is 0 Å². The van der Waals surface area contributed by atoms with Crippen LogP contribution in [0.2, 0.25) is 0 Å². The van der Waals surface area contributed by atoms with E-state index in [0.717, 1.165) is 0 Å². The van der Waals surface area contributed by atoms with Gasteiger partial charge in [-0.25, -0.2) is 0 Å². The molecule has 0 aliphatic rings. The standard InChI is InChI=1S/C5H13NO4S/c1-3(6)5(7)4(2)11(8,9)10/h3-5,7H,6H2,1-2H3,(H,8,9,10). The second kappa shape index (κ2) is 3.48. The van der Waals surface area contributed by atoms with Crippen molar-refractivity contribution in [2.24, 2.45) is 5.73 Å². The summed E-state index contributed by atoms with van der Waals surface area (Å²) >= 11 is 0. The summed E-state index contributed by atoms with van der Waals surface area (Å²) in [5.74, 6) is 0. The summed E-state index contributed by atoms with van der Waals surface area (Å²) in [5, 5.41) is 7.83. The molecule has 0 saturated heterocycles. The third-order valence-electron chi connectivity index (χ3n) is 1.49. The molecule has 0 amide bonds. The highest BCUT2D eigenvalue weighted by Gasteiger charge is 2.28. The number of rotatable bonds is 3. The third-order valence-corrected chi connectivity index (χ3v) is 2.71. The molecule has 0 rings (SSSR count). The zero-order chi connectivity index (χ0) is 9.23. The molecule has 0 aromatic heterocycles. The van der Waals surface area contributed by atoms with Crippen LogP contribution in [0.25, 0.3) is 0 Å². The van der Waals surface area contributed by atoms with Crippen LogP contribution in [0.4, 0.5) is 0 Å². The molecule has 0 bridgehead atoms. The predicted molar refractivity (Wildman–Crippen MR) is 40.7 cm³/mol. The zero-order valence-corrected chi connectivity index (χ0v) is 7.25. The Labute approximate surface area is 66.0 Å². The molecule has 4 N–H and O–H groups in total. The first-order chi connectivity index (χ1) is 4.76. The van der Waals surface area contributed by atoms with Gasteiger partial charge < -0.3 is 10.8 Å². The van der Waals surface area contributed by atoms with Crippen LogP contribution in [0.15, 0.2) is 0 Å². The fourth-order valence-corrected chi connectivity index (χ4v) is 1.20. The summed E-state index contributed by atoms with van der Waals surface area (Å²) in [4.78, 5) is 0. The largest absolute Gasteiger partial charge is 0.390 e. The molecule has 0 saturated carbocycles. The van der Waals surface area contributed by atoms with Gasteiger partial charge in [0, 0.05) is 6.04 Å². The molecule has 0 aromatic carbocycles. The van der Waals surface area contributed by atoms with Crippen LogP contribution in [0.3, 0.4) is 0 Å². The lowest BCUT2D eigenvalue weighted by molar-refractivity contribution is 0.146. The molecule has 0 aromatic rings. The number of hydrogen-bond acceptors (Lipinski definition) is 4. The number of aliphatic hydroxyl groups excluding tert-OH is 1. The van der Waals surface area contributed by atoms with Crippen LogP contribution in [0, 0.1) is 0 Å². The molecule has 6 heteroatoms. The smallest absolute Gasteiger partial charge is 0.270 e. The average Bonchev–Trinajstić information content (AvgIpc) is 1.82. The topological polar surface area (TPSA) is 101 Å². The lowest BCUT2D eigenvalue weighted by Gasteiger charge is -2.18. The Bertz CT molecular complexity index is 211. The van der Waals surface area contributed by atoms with E-state index in [-0.39, 0.29) is 0 Å². The van der Waals surface area contributed by atoms with Crippen molar-refractivity contribution < 1.29 is 18.1 Å². The molecular formula is C5H13NO4S. The minimum Gasteiger partial charge on any atom is -0.390 e. The number of nitrogens with two attached hydrogens (primary N) is 1. The lowest BCUT2D eigenvalue weighted by Crippen LogP contribution is -2.43. The van der Waals surface area contributed by atoms with Crippen LogP contribution >= 0.6 is 0 Å². The molecule has 0 aliphatic heterocycles. The maximum absolute atomic E-state index is 10.4. The molecule has 0 radical (unpaired) electrons. The van der Waals surface area contributed by atoms with E-state index in [0.29, 0.717) is 0 Å². The van der Waals surface area contributed by atoms with Gasteiger partial charge >= 0.3 is 0 Å². The summed E-state index contributed by atoms with van der Waals surface area (Å²) in [6.45, 7) is 2.66. The number of hydrogen-bond donors (Lipinski definition) is 3. The Morgan fingerprint density at radius 1 is 1.36 bits per heavy atom. The molecule has 0 spiro atoms. The van der Waals surface area contributed by atoms with E-state index < -0.39 is 27.5 Å². The normalized spacial score (nSPS) is 20.8. The van der Waals surface area contributed by atoms with Gasteiger partial charge in [0.2, 0.25) is 0 Å². The van der Waals surface area contributed by atoms with Crippen molar-refractivity contribution in [3.63, 3.8) is 0 Å². The van der Waals surface area contributed by atoms with Crippen molar-refractivity contribution >= 4 is 10.1 Å². The second-order valence-electron chi connectivity index (χ2n) is 2.57. The first-order valence-corrected chi connectivity index (χ1v) is 4.67. The van der Waals surface area contributed by atoms with Gasteiger partial charge in [-0.15, -0.1) is 0 Å². The van der Waals surface area contributed by atoms with Crippen LogP contribution < -0.4 is 5.73 Å². The molecule has 11 heavy (non-hydrogen) atoms. The van der Waals surface area contributed by atoms with Crippen LogP contribution in [0.1, 0.15) is 13.8 Å². The van der Waals surface area contributed by atoms with Gasteiger partial charge in [0.1, 0.15) is 5.25 Å². The monoisotopic (exact) mass is 183 g/mol. The van der Waals surface area contributed by atoms with E-state index in [9.17, 15) is 8.42 Å². The maximum Gasteiger partial charge on any atom is 0.270 e. The summed E-state index contributed by atoms with van der Waals surface area (Å²) < 4.78 is 29.3. The van der Waals surface area contributed by atoms with E-state index in [1.54, 1.807) is 0 Å². The number of aliphatic hydroxyl groups is 1. The van der Waals surface area contributed by atoms with Gasteiger partial charge in [0.25, 0.3) is 10.1 Å². The third kappa shape index (κ3) is 3.15. The maximum atomic E-state index is 10.4. The average molecular weight is 183 g/mol. The van der Waals surface area contributed by atoms with Crippen LogP contribution in [-0.4, -0.2) is 35.5 Å². The summed E-state index contributed by atoms with van der Waals surface area (Å²) in [6.07, 6.45) is -1.23. The highest BCUT2D eigenvalue weighted by molar-refractivity contribution is 7.86. The van der Waals surface area contributed by atoms with Crippen molar-refractivity contribution in [2.75, 3.05) is 0 Å². The first-order valence-electron chi connectivity index (χ1n) is 3.16. The first kappa shape index (κ1) is 10.8. The summed E-state index contributed by atoms with van der Waals surface area (Å²) in [6, 6.07) is -0.674. The van der Waals surface area contributed by atoms with E-state index in [4.69, 9.17) is 15.4 Å². The van der Waals surface area contributed by atoms with E-state index in [2.05, 4.69) is 0 Å². The lowest BCUT2D eigenvalue weighted by atomic mass is 10.1. The molecule has 0 fully saturated rings. The Hall–Kier alpha value is -0.170. The second-order valence-corrected chi connectivity index (χ2v) is 4.34. The molecule has 3 unspecified atom stereocenters. The van der Waals surface area contributed by atoms with Crippen molar-refractivity contribution in [3.8, 4) is 0 Å². The van der Waals surface area contributed by atoms with Gasteiger partial charge in [-0.1, -0.05) is 0 Å². The van der Waals surface area contributed by atoms with E-state index in [1.807, 2.05) is 0 Å². The Morgan fingerprint density at radius 3 is 1.82 bits per heavy atom. The summed E-state index contributed by atoms with van der Waals surface area (Å²) in [5.41, 5.74) is 5.21. The molecule has 5 nitrogen and oxygen atoms in total. The van der Waals surface area contributed by atoms with Crippen LogP contribution in [0.5, 0.6) is 0 Å². The van der Waals surface area contributed by atoms with Crippen molar-refractivity contribution in [1.29, 1.82) is 0 Å². The van der Waals surface area contributed by atoms with Gasteiger partial charge in [-0.2, -0.15) is 8.42 Å². The minimum absolute atomic E-state index is 0.674. The fraction of sp³-hybridized carbons (Fsp3) is 1.00. The zero-order valence-electron chi connectivity index (χ0n) is 6.43. The SMILES string of the molecule is CC(N)C(O)C(C)S(=O)(=O)O. The molecular weight excluding hydrogens is 170 g/mol. The van der Waals surface area contributed by atoms with Crippen molar-refractivity contribution in [3.05, 3.63) is 0 Å².